The molecule has 2 aromatic heterocycles. The lowest BCUT2D eigenvalue weighted by Crippen LogP contribution is -2.16. The standard InChI is InChI=1S/C24H19BrN4O2S/c1-16(17-8-9-22-23(13-17)31-12-11-30-22)28-29-21(19-6-2-3-7-20(19)25)15-32-24(29)27-18-5-4-10-26-14-18/h2-10,13-15H,11-12H2,1H3. The van der Waals surface area contributed by atoms with E-state index in [-0.39, 0.29) is 0 Å². The number of pyridine rings is 1. The van der Waals surface area contributed by atoms with E-state index in [9.17, 15) is 0 Å². The lowest BCUT2D eigenvalue weighted by Gasteiger charge is -2.18. The van der Waals surface area contributed by atoms with E-state index in [4.69, 9.17) is 19.6 Å². The molecule has 6 nitrogen and oxygen atoms in total. The zero-order valence-electron chi connectivity index (χ0n) is 17.2. The van der Waals surface area contributed by atoms with Crippen molar-refractivity contribution >= 4 is 38.7 Å². The third kappa shape index (κ3) is 4.24. The number of nitrogens with zero attached hydrogens (tertiary/aromatic N) is 4. The normalized spacial score (nSPS) is 13.9. The lowest BCUT2D eigenvalue weighted by molar-refractivity contribution is 0.171. The molecule has 0 spiro atoms. The van der Waals surface area contributed by atoms with Crippen molar-refractivity contribution in [2.75, 3.05) is 13.2 Å². The first-order chi connectivity index (χ1) is 15.7. The number of benzene rings is 2. The summed E-state index contributed by atoms with van der Waals surface area (Å²) in [6.45, 7) is 3.10. The molecular weight excluding hydrogens is 488 g/mol. The molecule has 0 radical (unpaired) electrons. The molecule has 0 amide bonds. The van der Waals surface area contributed by atoms with E-state index in [1.807, 2.05) is 60.1 Å². The molecule has 0 saturated carbocycles. The maximum Gasteiger partial charge on any atom is 0.211 e. The quantitative estimate of drug-likeness (QED) is 0.336. The van der Waals surface area contributed by atoms with E-state index < -0.39 is 0 Å². The Balaban J connectivity index is 1.65. The molecule has 5 rings (SSSR count). The summed E-state index contributed by atoms with van der Waals surface area (Å²) < 4.78 is 14.3. The zero-order valence-corrected chi connectivity index (χ0v) is 19.6. The molecule has 0 atom stereocenters. The number of hydrogen-bond acceptors (Lipinski definition) is 6. The highest BCUT2D eigenvalue weighted by Crippen LogP contribution is 2.32. The van der Waals surface area contributed by atoms with Gasteiger partial charge in [0.05, 0.1) is 23.3 Å². The second kappa shape index (κ2) is 9.10. The van der Waals surface area contributed by atoms with Gasteiger partial charge in [-0.1, -0.05) is 34.1 Å². The van der Waals surface area contributed by atoms with Gasteiger partial charge in [-0.15, -0.1) is 11.3 Å². The first kappa shape index (κ1) is 20.7. The maximum atomic E-state index is 5.74. The van der Waals surface area contributed by atoms with Gasteiger partial charge in [0.1, 0.15) is 13.2 Å². The van der Waals surface area contributed by atoms with Crippen molar-refractivity contribution in [1.82, 2.24) is 9.66 Å². The minimum absolute atomic E-state index is 0.548. The molecule has 1 aliphatic heterocycles. The molecule has 0 fully saturated rings. The average Bonchev–Trinajstić information content (AvgIpc) is 3.21. The van der Waals surface area contributed by atoms with Gasteiger partial charge < -0.3 is 9.47 Å². The summed E-state index contributed by atoms with van der Waals surface area (Å²) in [6, 6.07) is 17.8. The van der Waals surface area contributed by atoms with Crippen LogP contribution in [0.2, 0.25) is 0 Å². The number of halogens is 1. The van der Waals surface area contributed by atoms with E-state index in [1.54, 1.807) is 12.4 Å². The summed E-state index contributed by atoms with van der Waals surface area (Å²) in [4.78, 5) is 9.71. The SMILES string of the molecule is CC(=Nn1c(-c2ccccc2Br)csc1=Nc1cccnc1)c1ccc2c(c1)OCCO2. The van der Waals surface area contributed by atoms with E-state index in [2.05, 4.69) is 32.4 Å². The number of ether oxygens (including phenoxy) is 2. The monoisotopic (exact) mass is 506 g/mol. The number of fused-ring (bicyclic) bond motifs is 1. The van der Waals surface area contributed by atoms with Crippen LogP contribution in [0.25, 0.3) is 11.3 Å². The average molecular weight is 507 g/mol. The highest BCUT2D eigenvalue weighted by molar-refractivity contribution is 9.10. The van der Waals surface area contributed by atoms with Crippen molar-refractivity contribution in [3.05, 3.63) is 87.2 Å². The van der Waals surface area contributed by atoms with E-state index in [0.29, 0.717) is 13.2 Å². The van der Waals surface area contributed by atoms with E-state index in [1.165, 1.54) is 11.3 Å². The highest BCUT2D eigenvalue weighted by atomic mass is 79.9. The van der Waals surface area contributed by atoms with E-state index >= 15 is 0 Å². The fourth-order valence-electron chi connectivity index (χ4n) is 3.33. The van der Waals surface area contributed by atoms with Gasteiger partial charge in [0.2, 0.25) is 4.80 Å². The van der Waals surface area contributed by atoms with Gasteiger partial charge in [-0.3, -0.25) is 4.98 Å². The zero-order chi connectivity index (χ0) is 21.9. The van der Waals surface area contributed by atoms with Crippen LogP contribution in [0.15, 0.2) is 86.9 Å². The molecule has 8 heteroatoms. The summed E-state index contributed by atoms with van der Waals surface area (Å²) in [7, 11) is 0. The van der Waals surface area contributed by atoms with Crippen molar-refractivity contribution < 1.29 is 9.47 Å². The predicted octanol–water partition coefficient (Wildman–Crippen LogP) is 5.65. The summed E-state index contributed by atoms with van der Waals surface area (Å²) in [5.41, 5.74) is 4.55. The van der Waals surface area contributed by atoms with Gasteiger partial charge >= 0.3 is 0 Å². The molecule has 0 saturated heterocycles. The van der Waals surface area contributed by atoms with Gasteiger partial charge in [0, 0.05) is 27.2 Å². The Morgan fingerprint density at radius 2 is 1.91 bits per heavy atom. The van der Waals surface area contributed by atoms with Crippen LogP contribution >= 0.6 is 27.3 Å². The third-order valence-electron chi connectivity index (χ3n) is 4.92. The third-order valence-corrected chi connectivity index (χ3v) is 6.42. The van der Waals surface area contributed by atoms with Crippen LogP contribution in [-0.4, -0.2) is 28.6 Å². The van der Waals surface area contributed by atoms with Crippen molar-refractivity contribution in [3.8, 4) is 22.8 Å². The van der Waals surface area contributed by atoms with Gasteiger partial charge in [0.15, 0.2) is 11.5 Å². The smallest absolute Gasteiger partial charge is 0.211 e. The van der Waals surface area contributed by atoms with Crippen LogP contribution in [0.1, 0.15) is 12.5 Å². The Morgan fingerprint density at radius 3 is 2.72 bits per heavy atom. The summed E-state index contributed by atoms with van der Waals surface area (Å²) in [5.74, 6) is 1.50. The number of thiazole rings is 1. The van der Waals surface area contributed by atoms with Crippen LogP contribution in [0, 0.1) is 0 Å². The van der Waals surface area contributed by atoms with Crippen LogP contribution in [-0.2, 0) is 0 Å². The van der Waals surface area contributed by atoms with Crippen LogP contribution in [0.4, 0.5) is 5.69 Å². The van der Waals surface area contributed by atoms with Gasteiger partial charge in [0.25, 0.3) is 0 Å². The molecule has 160 valence electrons. The van der Waals surface area contributed by atoms with Crippen molar-refractivity contribution in [2.45, 2.75) is 6.92 Å². The molecule has 32 heavy (non-hydrogen) atoms. The molecule has 0 aliphatic carbocycles. The molecule has 0 unspecified atom stereocenters. The Bertz CT molecular complexity index is 1360. The minimum Gasteiger partial charge on any atom is -0.486 e. The maximum absolute atomic E-state index is 5.74. The van der Waals surface area contributed by atoms with Crippen LogP contribution in [0.3, 0.4) is 0 Å². The molecule has 1 aliphatic rings. The number of hydrogen-bond donors (Lipinski definition) is 0. The Hall–Kier alpha value is -3.23. The van der Waals surface area contributed by atoms with Crippen molar-refractivity contribution in [2.24, 2.45) is 10.1 Å². The molecule has 0 bridgehead atoms. The Kier molecular flexibility index (Phi) is 5.87. The molecular formula is C24H19BrN4O2S. The van der Waals surface area contributed by atoms with Gasteiger partial charge in [-0.05, 0) is 43.3 Å². The topological polar surface area (TPSA) is 61.0 Å². The second-order valence-corrected chi connectivity index (χ2v) is 8.75. The number of rotatable bonds is 4. The first-order valence-corrected chi connectivity index (χ1v) is 11.7. The highest BCUT2D eigenvalue weighted by Gasteiger charge is 2.15. The largest absolute Gasteiger partial charge is 0.486 e. The van der Waals surface area contributed by atoms with Crippen molar-refractivity contribution in [3.63, 3.8) is 0 Å². The van der Waals surface area contributed by atoms with E-state index in [0.717, 1.165) is 49.0 Å². The Morgan fingerprint density at radius 1 is 1.06 bits per heavy atom. The molecule has 4 aromatic rings. The van der Waals surface area contributed by atoms with Crippen LogP contribution < -0.4 is 14.3 Å². The number of aromatic nitrogens is 2. The fraction of sp³-hybridized carbons (Fsp3) is 0.125. The second-order valence-electron chi connectivity index (χ2n) is 7.06. The molecule has 2 aromatic carbocycles. The Labute approximate surface area is 197 Å². The van der Waals surface area contributed by atoms with Crippen molar-refractivity contribution in [1.29, 1.82) is 0 Å². The summed E-state index contributed by atoms with van der Waals surface area (Å²) >= 11 is 5.20. The first-order valence-electron chi connectivity index (χ1n) is 10.0. The fourth-order valence-corrected chi connectivity index (χ4v) is 4.66. The molecule has 0 N–H and O–H groups in total. The lowest BCUT2D eigenvalue weighted by atomic mass is 10.1. The van der Waals surface area contributed by atoms with Gasteiger partial charge in [-0.2, -0.15) is 5.10 Å². The molecule has 3 heterocycles. The minimum atomic E-state index is 0.548. The summed E-state index contributed by atoms with van der Waals surface area (Å²) in [6.07, 6.45) is 3.47. The van der Waals surface area contributed by atoms with Crippen LogP contribution in [0.5, 0.6) is 11.5 Å². The van der Waals surface area contributed by atoms with Gasteiger partial charge in [-0.25, -0.2) is 9.67 Å². The predicted molar refractivity (Wildman–Crippen MR) is 130 cm³/mol. The summed E-state index contributed by atoms with van der Waals surface area (Å²) in [5, 5.41) is 7.03.